The molecule has 0 bridgehead atoms. The summed E-state index contributed by atoms with van der Waals surface area (Å²) in [6.07, 6.45) is 5.05. The number of aromatic nitrogens is 4. The molecular formula is C25H21N5O5. The first kappa shape index (κ1) is 21.2. The maximum atomic E-state index is 13.4. The van der Waals surface area contributed by atoms with E-state index in [2.05, 4.69) is 15.1 Å². The third-order valence-electron chi connectivity index (χ3n) is 6.65. The summed E-state index contributed by atoms with van der Waals surface area (Å²) in [6.45, 7) is 1.96. The number of aromatic amines is 1. The highest BCUT2D eigenvalue weighted by atomic mass is 16.6. The fraction of sp³-hybridized carbons (Fsp3) is 0.240. The minimum atomic E-state index is -1.87. The molecule has 0 radical (unpaired) electrons. The van der Waals surface area contributed by atoms with E-state index in [1.165, 1.54) is 0 Å². The van der Waals surface area contributed by atoms with Gasteiger partial charge < -0.3 is 24.2 Å². The average Bonchev–Trinajstić information content (AvgIpc) is 3.52. The highest BCUT2D eigenvalue weighted by Gasteiger charge is 2.45. The van der Waals surface area contributed by atoms with Crippen LogP contribution in [0.5, 0.6) is 0 Å². The largest absolute Gasteiger partial charge is 0.458 e. The Morgan fingerprint density at radius 3 is 2.97 bits per heavy atom. The third kappa shape index (κ3) is 3.17. The summed E-state index contributed by atoms with van der Waals surface area (Å²) in [7, 11) is 0. The van der Waals surface area contributed by atoms with E-state index in [1.54, 1.807) is 36.2 Å². The van der Waals surface area contributed by atoms with Crippen LogP contribution in [-0.4, -0.2) is 36.8 Å². The summed E-state index contributed by atoms with van der Waals surface area (Å²) in [5.74, 6) is -0.0975. The van der Waals surface area contributed by atoms with Crippen LogP contribution in [0.3, 0.4) is 0 Å². The number of cyclic esters (lactones) is 1. The summed E-state index contributed by atoms with van der Waals surface area (Å²) in [6, 6.07) is 9.32. The van der Waals surface area contributed by atoms with Gasteiger partial charge in [-0.2, -0.15) is 0 Å². The maximum Gasteiger partial charge on any atom is 0.343 e. The Bertz CT molecular complexity index is 1570. The number of carbonyl (C=O) groups excluding carboxylic acids is 1. The molecule has 6 rings (SSSR count). The lowest BCUT2D eigenvalue weighted by atomic mass is 9.86. The fourth-order valence-electron chi connectivity index (χ4n) is 4.77. The first-order valence-electron chi connectivity index (χ1n) is 11.2. The van der Waals surface area contributed by atoms with Crippen LogP contribution in [0.25, 0.3) is 22.3 Å². The molecule has 0 saturated heterocycles. The van der Waals surface area contributed by atoms with Gasteiger partial charge in [-0.15, -0.1) is 0 Å². The summed E-state index contributed by atoms with van der Waals surface area (Å²) in [5, 5.41) is 16.1. The number of pyridine rings is 2. The first-order chi connectivity index (χ1) is 17.0. The summed E-state index contributed by atoms with van der Waals surface area (Å²) in [4.78, 5) is 43.2. The van der Waals surface area contributed by atoms with Gasteiger partial charge in [-0.1, -0.05) is 30.3 Å². The Hall–Kier alpha value is -4.31. The van der Waals surface area contributed by atoms with E-state index in [-0.39, 0.29) is 42.9 Å². The van der Waals surface area contributed by atoms with Crippen molar-refractivity contribution in [3.8, 4) is 11.4 Å². The zero-order valence-corrected chi connectivity index (χ0v) is 18.8. The van der Waals surface area contributed by atoms with E-state index in [1.807, 2.05) is 24.3 Å². The van der Waals surface area contributed by atoms with Crippen LogP contribution in [0.15, 0.2) is 52.7 Å². The lowest BCUT2D eigenvalue weighted by Gasteiger charge is -2.31. The second kappa shape index (κ2) is 7.88. The molecule has 0 fully saturated rings. The van der Waals surface area contributed by atoms with Crippen LogP contribution in [0.4, 0.5) is 0 Å². The van der Waals surface area contributed by atoms with Crippen molar-refractivity contribution in [1.29, 1.82) is 0 Å². The number of hydrogen-bond acceptors (Lipinski definition) is 8. The number of fused-ring (bicyclic) bond motifs is 5. The van der Waals surface area contributed by atoms with Crippen molar-refractivity contribution in [2.45, 2.75) is 38.7 Å². The van der Waals surface area contributed by atoms with E-state index < -0.39 is 11.6 Å². The molecule has 35 heavy (non-hydrogen) atoms. The number of rotatable bonds is 5. The number of esters is 1. The third-order valence-corrected chi connectivity index (χ3v) is 6.65. The molecule has 176 valence electrons. The van der Waals surface area contributed by atoms with Crippen molar-refractivity contribution in [2.75, 3.05) is 0 Å². The average molecular weight is 471 g/mol. The zero-order chi connectivity index (χ0) is 24.2. The molecule has 2 aliphatic heterocycles. The van der Waals surface area contributed by atoms with Crippen LogP contribution in [0, 0.1) is 0 Å². The number of imidazole rings is 1. The SMILES string of the molecule is CC[C@@]1(O)C(=O)OCc2c1cc1n(c2=O)Cc2c-1nc1ccccc1c2/C=N/OCc1ncc[nH]1. The Balaban J connectivity index is 1.50. The summed E-state index contributed by atoms with van der Waals surface area (Å²) < 4.78 is 6.75. The van der Waals surface area contributed by atoms with E-state index in [9.17, 15) is 14.7 Å². The van der Waals surface area contributed by atoms with Crippen molar-refractivity contribution in [1.82, 2.24) is 19.5 Å². The molecule has 2 N–H and O–H groups in total. The van der Waals surface area contributed by atoms with Crippen LogP contribution in [-0.2, 0) is 39.7 Å². The van der Waals surface area contributed by atoms with Gasteiger partial charge in [-0.25, -0.2) is 14.8 Å². The smallest absolute Gasteiger partial charge is 0.343 e. The van der Waals surface area contributed by atoms with Gasteiger partial charge in [0.15, 0.2) is 12.2 Å². The van der Waals surface area contributed by atoms with E-state index in [0.717, 1.165) is 22.0 Å². The monoisotopic (exact) mass is 471 g/mol. The van der Waals surface area contributed by atoms with Gasteiger partial charge in [-0.3, -0.25) is 4.79 Å². The van der Waals surface area contributed by atoms with E-state index in [0.29, 0.717) is 17.2 Å². The summed E-state index contributed by atoms with van der Waals surface area (Å²) in [5.41, 5.74) is 1.85. The van der Waals surface area contributed by atoms with Gasteiger partial charge in [-0.05, 0) is 18.6 Å². The lowest BCUT2D eigenvalue weighted by Crippen LogP contribution is -2.44. The number of H-pyrrole nitrogens is 1. The van der Waals surface area contributed by atoms with Gasteiger partial charge >= 0.3 is 5.97 Å². The number of ether oxygens (including phenoxy) is 1. The maximum absolute atomic E-state index is 13.4. The molecule has 0 saturated carbocycles. The van der Waals surface area contributed by atoms with Crippen LogP contribution in [0.1, 0.15) is 41.4 Å². The zero-order valence-electron chi connectivity index (χ0n) is 18.8. The van der Waals surface area contributed by atoms with Crippen LogP contribution >= 0.6 is 0 Å². The Kier molecular flexibility index (Phi) is 4.78. The number of hydrogen-bond donors (Lipinski definition) is 2. The Morgan fingerprint density at radius 2 is 2.17 bits per heavy atom. The molecule has 10 heteroatoms. The number of para-hydroxylation sites is 1. The number of aliphatic hydroxyl groups is 1. The first-order valence-corrected chi connectivity index (χ1v) is 11.2. The van der Waals surface area contributed by atoms with Crippen molar-refractivity contribution >= 4 is 23.1 Å². The molecule has 0 spiro atoms. The highest BCUT2D eigenvalue weighted by molar-refractivity contribution is 6.02. The normalized spacial score (nSPS) is 18.4. The number of nitrogens with zero attached hydrogens (tertiary/aromatic N) is 4. The molecular weight excluding hydrogens is 450 g/mol. The Labute approximate surface area is 198 Å². The van der Waals surface area contributed by atoms with Gasteiger partial charge in [0, 0.05) is 34.5 Å². The van der Waals surface area contributed by atoms with Gasteiger partial charge in [0.05, 0.1) is 35.2 Å². The van der Waals surface area contributed by atoms with Crippen molar-refractivity contribution in [3.05, 3.63) is 81.2 Å². The molecule has 10 nitrogen and oxygen atoms in total. The quantitative estimate of drug-likeness (QED) is 0.228. The van der Waals surface area contributed by atoms with Crippen molar-refractivity contribution in [2.24, 2.45) is 5.16 Å². The molecule has 1 atom stereocenters. The predicted molar refractivity (Wildman–Crippen MR) is 125 cm³/mol. The highest BCUT2D eigenvalue weighted by Crippen LogP contribution is 2.39. The van der Waals surface area contributed by atoms with E-state index in [4.69, 9.17) is 14.6 Å². The van der Waals surface area contributed by atoms with Crippen molar-refractivity contribution in [3.63, 3.8) is 0 Å². The van der Waals surface area contributed by atoms with Crippen LogP contribution < -0.4 is 5.56 Å². The van der Waals surface area contributed by atoms with Gasteiger partial charge in [0.1, 0.15) is 12.4 Å². The minimum absolute atomic E-state index is 0.0879. The van der Waals surface area contributed by atoms with Crippen molar-refractivity contribution < 1.29 is 19.5 Å². The predicted octanol–water partition coefficient (Wildman–Crippen LogP) is 2.35. The molecule has 3 aromatic heterocycles. The molecule has 0 aliphatic carbocycles. The summed E-state index contributed by atoms with van der Waals surface area (Å²) >= 11 is 0. The second-order valence-corrected chi connectivity index (χ2v) is 8.52. The fourth-order valence-corrected chi connectivity index (χ4v) is 4.77. The van der Waals surface area contributed by atoms with Gasteiger partial charge in [0.25, 0.3) is 5.56 Å². The number of benzene rings is 1. The molecule has 0 amide bonds. The topological polar surface area (TPSA) is 132 Å². The Morgan fingerprint density at radius 1 is 1.31 bits per heavy atom. The molecule has 1 aromatic carbocycles. The molecule has 4 aromatic rings. The van der Waals surface area contributed by atoms with Crippen LogP contribution in [0.2, 0.25) is 0 Å². The number of nitrogens with one attached hydrogen (secondary N) is 1. The second-order valence-electron chi connectivity index (χ2n) is 8.52. The minimum Gasteiger partial charge on any atom is -0.458 e. The molecule has 0 unspecified atom stereocenters. The number of carbonyl (C=O) groups is 1. The lowest BCUT2D eigenvalue weighted by molar-refractivity contribution is -0.172. The van der Waals surface area contributed by atoms with Gasteiger partial charge in [0.2, 0.25) is 0 Å². The standard InChI is InChI=1S/C25H21N5O5/c1-2-25(33)18-9-20-22-16(11-30(20)23(31)17(18)12-34-24(25)32)15(14-5-3-4-6-19(14)29-22)10-28-35-13-21-26-7-8-27-21/h3-10,33H,2,11-13H2,1H3,(H,26,27)/b28-10+/t25-/m0/s1. The van der Waals surface area contributed by atoms with E-state index >= 15 is 0 Å². The molecule has 2 aliphatic rings. The number of oxime groups is 1. The molecule has 5 heterocycles.